The highest BCUT2D eigenvalue weighted by molar-refractivity contribution is 8.00. The molecule has 4 nitrogen and oxygen atoms in total. The molecule has 0 fully saturated rings. The van der Waals surface area contributed by atoms with Crippen LogP contribution in [0.4, 0.5) is 11.4 Å². The minimum absolute atomic E-state index is 0.100. The summed E-state index contributed by atoms with van der Waals surface area (Å²) in [5, 5.41) is 5.71. The SMILES string of the molecule is Cc1ccc(NC(=O)CSCC(=O)Nc2cccc(C)c2C)cc1. The highest BCUT2D eigenvalue weighted by Gasteiger charge is 2.08. The first-order chi connectivity index (χ1) is 11.5. The smallest absolute Gasteiger partial charge is 0.234 e. The number of anilines is 2. The van der Waals surface area contributed by atoms with Crippen LogP contribution in [0.5, 0.6) is 0 Å². The maximum Gasteiger partial charge on any atom is 0.234 e. The standard InChI is InChI=1S/C19H22N2O2S/c1-13-7-9-16(10-8-13)20-18(22)11-24-12-19(23)21-17-6-4-5-14(2)15(17)3/h4-10H,11-12H2,1-3H3,(H,20,22)(H,21,23). The van der Waals surface area contributed by atoms with Gasteiger partial charge in [0, 0.05) is 11.4 Å². The Balaban J connectivity index is 1.75. The molecule has 5 heteroatoms. The Labute approximate surface area is 147 Å². The van der Waals surface area contributed by atoms with Crippen molar-refractivity contribution in [3.63, 3.8) is 0 Å². The molecule has 0 aromatic heterocycles. The minimum atomic E-state index is -0.108. The van der Waals surface area contributed by atoms with E-state index in [2.05, 4.69) is 10.6 Å². The van der Waals surface area contributed by atoms with Crippen molar-refractivity contribution in [3.05, 3.63) is 59.2 Å². The number of hydrogen-bond donors (Lipinski definition) is 2. The molecule has 2 rings (SSSR count). The van der Waals surface area contributed by atoms with Crippen LogP contribution in [0.2, 0.25) is 0 Å². The summed E-state index contributed by atoms with van der Waals surface area (Å²) in [4.78, 5) is 23.9. The van der Waals surface area contributed by atoms with Crippen molar-refractivity contribution in [2.75, 3.05) is 22.1 Å². The van der Waals surface area contributed by atoms with Crippen molar-refractivity contribution >= 4 is 35.0 Å². The summed E-state index contributed by atoms with van der Waals surface area (Å²) in [6, 6.07) is 13.4. The number of carbonyl (C=O) groups is 2. The van der Waals surface area contributed by atoms with Crippen molar-refractivity contribution in [3.8, 4) is 0 Å². The predicted octanol–water partition coefficient (Wildman–Crippen LogP) is 3.92. The van der Waals surface area contributed by atoms with Gasteiger partial charge < -0.3 is 10.6 Å². The van der Waals surface area contributed by atoms with Crippen molar-refractivity contribution in [2.24, 2.45) is 0 Å². The number of thioether (sulfide) groups is 1. The number of benzene rings is 2. The topological polar surface area (TPSA) is 58.2 Å². The molecule has 0 heterocycles. The third-order valence-electron chi connectivity index (χ3n) is 3.68. The van der Waals surface area contributed by atoms with Gasteiger partial charge >= 0.3 is 0 Å². The summed E-state index contributed by atoms with van der Waals surface area (Å²) < 4.78 is 0. The molecule has 0 atom stereocenters. The fraction of sp³-hybridized carbons (Fsp3) is 0.263. The number of aryl methyl sites for hydroxylation is 2. The monoisotopic (exact) mass is 342 g/mol. The van der Waals surface area contributed by atoms with E-state index in [0.29, 0.717) is 0 Å². The normalized spacial score (nSPS) is 10.3. The first kappa shape index (κ1) is 18.1. The van der Waals surface area contributed by atoms with Crippen LogP contribution in [0, 0.1) is 20.8 Å². The molecule has 126 valence electrons. The molecule has 2 aromatic rings. The number of rotatable bonds is 6. The van der Waals surface area contributed by atoms with Gasteiger partial charge in [-0.25, -0.2) is 0 Å². The van der Waals surface area contributed by atoms with Gasteiger partial charge in [0.05, 0.1) is 11.5 Å². The van der Waals surface area contributed by atoms with E-state index in [1.807, 2.05) is 63.2 Å². The second-order valence-corrected chi connectivity index (χ2v) is 6.69. The van der Waals surface area contributed by atoms with Crippen molar-refractivity contribution < 1.29 is 9.59 Å². The first-order valence-corrected chi connectivity index (χ1v) is 8.91. The largest absolute Gasteiger partial charge is 0.325 e. The summed E-state index contributed by atoms with van der Waals surface area (Å²) >= 11 is 1.30. The lowest BCUT2D eigenvalue weighted by Gasteiger charge is -2.10. The zero-order valence-corrected chi connectivity index (χ0v) is 15.0. The van der Waals surface area contributed by atoms with Gasteiger partial charge in [0.15, 0.2) is 0 Å². The third kappa shape index (κ3) is 5.42. The van der Waals surface area contributed by atoms with Crippen LogP contribution >= 0.6 is 11.8 Å². The van der Waals surface area contributed by atoms with Crippen LogP contribution in [0.25, 0.3) is 0 Å². The van der Waals surface area contributed by atoms with Gasteiger partial charge in [0.1, 0.15) is 0 Å². The third-order valence-corrected chi connectivity index (χ3v) is 4.61. The molecule has 2 amide bonds. The molecule has 0 unspecified atom stereocenters. The van der Waals surface area contributed by atoms with Crippen LogP contribution < -0.4 is 10.6 Å². The summed E-state index contributed by atoms with van der Waals surface area (Å²) in [7, 11) is 0. The fourth-order valence-corrected chi connectivity index (χ4v) is 2.76. The highest BCUT2D eigenvalue weighted by atomic mass is 32.2. The molecule has 0 saturated carbocycles. The van der Waals surface area contributed by atoms with Crippen LogP contribution in [0.15, 0.2) is 42.5 Å². The van der Waals surface area contributed by atoms with Crippen LogP contribution in [0.3, 0.4) is 0 Å². The number of hydrogen-bond acceptors (Lipinski definition) is 3. The molecular weight excluding hydrogens is 320 g/mol. The average molecular weight is 342 g/mol. The maximum atomic E-state index is 12.0. The Morgan fingerprint density at radius 3 is 2.17 bits per heavy atom. The quantitative estimate of drug-likeness (QED) is 0.836. The Kier molecular flexibility index (Phi) is 6.44. The summed E-state index contributed by atoms with van der Waals surface area (Å²) in [5.74, 6) is 0.281. The van der Waals surface area contributed by atoms with Gasteiger partial charge in [-0.05, 0) is 50.1 Å². The lowest BCUT2D eigenvalue weighted by atomic mass is 10.1. The van der Waals surface area contributed by atoms with Gasteiger partial charge in [-0.2, -0.15) is 0 Å². The van der Waals surface area contributed by atoms with E-state index < -0.39 is 0 Å². The second-order valence-electron chi connectivity index (χ2n) is 5.70. The highest BCUT2D eigenvalue weighted by Crippen LogP contribution is 2.18. The van der Waals surface area contributed by atoms with E-state index in [0.717, 1.165) is 28.1 Å². The Hall–Kier alpha value is -2.27. The lowest BCUT2D eigenvalue weighted by Crippen LogP contribution is -2.18. The number of amides is 2. The molecular formula is C19H22N2O2S. The summed E-state index contributed by atoms with van der Waals surface area (Å²) in [5.41, 5.74) is 4.94. The number of carbonyl (C=O) groups excluding carboxylic acids is 2. The van der Waals surface area contributed by atoms with Gasteiger partial charge in [-0.1, -0.05) is 29.8 Å². The molecule has 24 heavy (non-hydrogen) atoms. The van der Waals surface area contributed by atoms with Crippen molar-refractivity contribution in [2.45, 2.75) is 20.8 Å². The van der Waals surface area contributed by atoms with Crippen LogP contribution in [-0.2, 0) is 9.59 Å². The number of nitrogens with one attached hydrogen (secondary N) is 2. The molecule has 0 spiro atoms. The van der Waals surface area contributed by atoms with E-state index >= 15 is 0 Å². The fourth-order valence-electron chi connectivity index (χ4n) is 2.14. The van der Waals surface area contributed by atoms with E-state index in [1.165, 1.54) is 11.8 Å². The Bertz CT molecular complexity index is 727. The maximum absolute atomic E-state index is 12.0. The predicted molar refractivity (Wildman–Crippen MR) is 102 cm³/mol. The van der Waals surface area contributed by atoms with Gasteiger partial charge in [0.25, 0.3) is 0 Å². The van der Waals surface area contributed by atoms with Crippen molar-refractivity contribution in [1.29, 1.82) is 0 Å². The van der Waals surface area contributed by atoms with Crippen LogP contribution in [-0.4, -0.2) is 23.3 Å². The molecule has 0 aliphatic rings. The molecule has 0 aliphatic heterocycles. The Morgan fingerprint density at radius 1 is 0.875 bits per heavy atom. The molecule has 0 radical (unpaired) electrons. The van der Waals surface area contributed by atoms with E-state index in [1.54, 1.807) is 0 Å². The zero-order chi connectivity index (χ0) is 17.5. The molecule has 2 aromatic carbocycles. The van der Waals surface area contributed by atoms with Gasteiger partial charge in [-0.3, -0.25) is 9.59 Å². The first-order valence-electron chi connectivity index (χ1n) is 7.76. The average Bonchev–Trinajstić information content (AvgIpc) is 2.54. The molecule has 0 saturated heterocycles. The van der Waals surface area contributed by atoms with Crippen molar-refractivity contribution in [1.82, 2.24) is 0 Å². The summed E-state index contributed by atoms with van der Waals surface area (Å²) in [6.07, 6.45) is 0. The lowest BCUT2D eigenvalue weighted by molar-refractivity contribution is -0.114. The van der Waals surface area contributed by atoms with Gasteiger partial charge in [-0.15, -0.1) is 11.8 Å². The van der Waals surface area contributed by atoms with E-state index in [4.69, 9.17) is 0 Å². The second kappa shape index (κ2) is 8.55. The van der Waals surface area contributed by atoms with Crippen LogP contribution in [0.1, 0.15) is 16.7 Å². The molecule has 2 N–H and O–H groups in total. The minimum Gasteiger partial charge on any atom is -0.325 e. The summed E-state index contributed by atoms with van der Waals surface area (Å²) in [6.45, 7) is 5.98. The van der Waals surface area contributed by atoms with Gasteiger partial charge in [0.2, 0.25) is 11.8 Å². The molecule has 0 bridgehead atoms. The molecule has 0 aliphatic carbocycles. The van der Waals surface area contributed by atoms with E-state index in [-0.39, 0.29) is 23.3 Å². The zero-order valence-electron chi connectivity index (χ0n) is 14.2. The Morgan fingerprint density at radius 2 is 1.50 bits per heavy atom. The van der Waals surface area contributed by atoms with E-state index in [9.17, 15) is 9.59 Å².